The maximum Gasteiger partial charge on any atom is 0.273 e. The number of aromatic nitrogens is 2. The number of rotatable bonds is 2. The van der Waals surface area contributed by atoms with Gasteiger partial charge >= 0.3 is 0 Å². The van der Waals surface area contributed by atoms with E-state index in [-0.39, 0.29) is 51.0 Å². The Morgan fingerprint density at radius 1 is 1.00 bits per heavy atom. The monoisotopic (exact) mass is 415 g/mol. The molecule has 1 unspecified atom stereocenters. The molecule has 1 N–H and O–H groups in total. The minimum atomic E-state index is -1.19. The molecule has 1 aliphatic heterocycles. The number of ether oxygens (including phenoxy) is 1. The Balaban J connectivity index is 1.88. The number of nitro groups is 1. The van der Waals surface area contributed by atoms with Crippen molar-refractivity contribution >= 4 is 17.3 Å². The Bertz CT molecular complexity index is 1420. The van der Waals surface area contributed by atoms with Gasteiger partial charge in [0, 0.05) is 22.8 Å². The topological polar surface area (TPSA) is 132 Å². The number of aromatic amines is 1. The number of allylic oxidation sites excluding steroid dienone is 2. The van der Waals surface area contributed by atoms with Crippen molar-refractivity contribution < 1.29 is 19.2 Å². The van der Waals surface area contributed by atoms with Crippen molar-refractivity contribution in [2.45, 2.75) is 12.8 Å². The number of nitrogens with one attached hydrogen (secondary N) is 1. The summed E-state index contributed by atoms with van der Waals surface area (Å²) < 4.78 is 5.70. The molecule has 2 aromatic carbocycles. The summed E-state index contributed by atoms with van der Waals surface area (Å²) in [5.41, 5.74) is -0.638. The number of aryl methyl sites for hydroxylation is 1. The normalized spacial score (nSPS) is 16.9. The molecular formula is C22H13N3O6. The van der Waals surface area contributed by atoms with Gasteiger partial charge in [-0.15, -0.1) is 0 Å². The molecule has 0 amide bonds. The van der Waals surface area contributed by atoms with Gasteiger partial charge < -0.3 is 9.72 Å². The van der Waals surface area contributed by atoms with Crippen LogP contribution in [0.1, 0.15) is 43.6 Å². The molecule has 152 valence electrons. The van der Waals surface area contributed by atoms with Gasteiger partial charge in [0.1, 0.15) is 5.82 Å². The van der Waals surface area contributed by atoms with E-state index in [4.69, 9.17) is 4.74 Å². The first-order valence-corrected chi connectivity index (χ1v) is 9.33. The van der Waals surface area contributed by atoms with Gasteiger partial charge in [-0.3, -0.25) is 24.5 Å². The molecule has 5 rings (SSSR count). The first-order chi connectivity index (χ1) is 14.9. The highest BCUT2D eigenvalue weighted by Crippen LogP contribution is 2.46. The van der Waals surface area contributed by atoms with E-state index in [1.54, 1.807) is 18.2 Å². The molecule has 0 radical (unpaired) electrons. The van der Waals surface area contributed by atoms with Crippen molar-refractivity contribution in [1.82, 2.24) is 9.97 Å². The zero-order valence-corrected chi connectivity index (χ0v) is 16.0. The molecule has 9 heteroatoms. The molecule has 31 heavy (non-hydrogen) atoms. The van der Waals surface area contributed by atoms with Crippen LogP contribution in [-0.4, -0.2) is 26.5 Å². The number of benzene rings is 2. The van der Waals surface area contributed by atoms with E-state index in [2.05, 4.69) is 9.97 Å². The minimum absolute atomic E-state index is 0.0563. The van der Waals surface area contributed by atoms with Crippen LogP contribution in [-0.2, 0) is 0 Å². The lowest BCUT2D eigenvalue weighted by atomic mass is 9.75. The first-order valence-electron chi connectivity index (χ1n) is 9.33. The molecule has 0 bridgehead atoms. The van der Waals surface area contributed by atoms with Gasteiger partial charge in [0.25, 0.3) is 11.2 Å². The number of nitrogens with zero attached hydrogens (tertiary/aromatic N) is 2. The van der Waals surface area contributed by atoms with Crippen LogP contribution in [0, 0.1) is 17.0 Å². The van der Waals surface area contributed by atoms with Gasteiger partial charge in [-0.1, -0.05) is 42.5 Å². The number of fused-ring (bicyclic) bond motifs is 2. The minimum Gasteiger partial charge on any atom is -0.434 e. The van der Waals surface area contributed by atoms with E-state index in [0.717, 1.165) is 0 Å². The third kappa shape index (κ3) is 2.63. The van der Waals surface area contributed by atoms with E-state index in [0.29, 0.717) is 0 Å². The molecular weight excluding hydrogens is 402 g/mol. The summed E-state index contributed by atoms with van der Waals surface area (Å²) in [6.45, 7) is 1.54. The number of carbonyl (C=O) groups excluding carboxylic acids is 2. The highest BCUT2D eigenvalue weighted by molar-refractivity contribution is 6.27. The van der Waals surface area contributed by atoms with Crippen LogP contribution < -0.4 is 10.3 Å². The zero-order valence-electron chi connectivity index (χ0n) is 16.0. The molecule has 1 aromatic heterocycles. The largest absolute Gasteiger partial charge is 0.434 e. The first kappa shape index (κ1) is 18.6. The van der Waals surface area contributed by atoms with Crippen molar-refractivity contribution in [1.29, 1.82) is 0 Å². The van der Waals surface area contributed by atoms with E-state index >= 15 is 0 Å². The fourth-order valence-electron chi connectivity index (χ4n) is 4.09. The summed E-state index contributed by atoms with van der Waals surface area (Å²) >= 11 is 0. The molecule has 0 spiro atoms. The molecule has 2 aliphatic rings. The smallest absolute Gasteiger partial charge is 0.273 e. The summed E-state index contributed by atoms with van der Waals surface area (Å²) in [7, 11) is 0. The number of nitro benzene ring substituents is 1. The summed E-state index contributed by atoms with van der Waals surface area (Å²) in [6, 6.07) is 12.0. The Labute approximate surface area is 174 Å². The highest BCUT2D eigenvalue weighted by Gasteiger charge is 2.46. The molecule has 0 fully saturated rings. The number of para-hydroxylation sites is 1. The van der Waals surface area contributed by atoms with Crippen LogP contribution in [0.15, 0.2) is 64.7 Å². The van der Waals surface area contributed by atoms with Crippen molar-refractivity contribution in [3.63, 3.8) is 0 Å². The number of Topliss-reactive ketones (excluding diaryl/α,β-unsaturated/α-hetero) is 2. The van der Waals surface area contributed by atoms with E-state index in [9.17, 15) is 24.5 Å². The van der Waals surface area contributed by atoms with Crippen LogP contribution in [0.4, 0.5) is 5.69 Å². The lowest BCUT2D eigenvalue weighted by Crippen LogP contribution is -2.35. The molecule has 2 heterocycles. The summed E-state index contributed by atoms with van der Waals surface area (Å²) in [6.07, 6.45) is 0. The van der Waals surface area contributed by atoms with E-state index in [1.807, 2.05) is 0 Å². The number of hydrogen-bond acceptors (Lipinski definition) is 7. The van der Waals surface area contributed by atoms with Crippen LogP contribution in [0.25, 0.3) is 0 Å². The average molecular weight is 415 g/mol. The van der Waals surface area contributed by atoms with Crippen molar-refractivity contribution in [2.24, 2.45) is 0 Å². The van der Waals surface area contributed by atoms with Gasteiger partial charge in [0.2, 0.25) is 11.7 Å². The summed E-state index contributed by atoms with van der Waals surface area (Å²) in [4.78, 5) is 57.4. The van der Waals surface area contributed by atoms with Crippen molar-refractivity contribution in [3.05, 3.63) is 108 Å². The van der Waals surface area contributed by atoms with Crippen molar-refractivity contribution in [3.8, 4) is 5.88 Å². The molecule has 0 saturated heterocycles. The lowest BCUT2D eigenvalue weighted by molar-refractivity contribution is -0.385. The van der Waals surface area contributed by atoms with Gasteiger partial charge in [0.15, 0.2) is 11.5 Å². The fraction of sp³-hybridized carbons (Fsp3) is 0.0909. The zero-order chi connectivity index (χ0) is 21.9. The fourth-order valence-corrected chi connectivity index (χ4v) is 4.09. The number of H-pyrrole nitrogens is 1. The number of hydrogen-bond donors (Lipinski definition) is 1. The SMILES string of the molecule is Cc1nc2c(c(=O)[nH]1)C(c1ccccc1[N+](=O)[O-])C1=C(O2)C(=O)c2ccccc2C1=O. The highest BCUT2D eigenvalue weighted by atomic mass is 16.6. The predicted octanol–water partition coefficient (Wildman–Crippen LogP) is 2.84. The lowest BCUT2D eigenvalue weighted by Gasteiger charge is -2.31. The quantitative estimate of drug-likeness (QED) is 0.503. The predicted molar refractivity (Wildman–Crippen MR) is 107 cm³/mol. The number of ketones is 2. The second-order valence-electron chi connectivity index (χ2n) is 7.17. The second kappa shape index (κ2) is 6.56. The maximum atomic E-state index is 13.5. The standard InChI is InChI=1S/C22H13N3O6/c1-10-23-21(28)17-15(13-8-4-5-9-14(13)25(29)30)16-18(26)11-6-2-3-7-12(11)19(27)20(16)31-22(17)24-10/h2-9,15H,1H3,(H,23,24,28). The Hall–Kier alpha value is -4.40. The van der Waals surface area contributed by atoms with Crippen LogP contribution in [0.5, 0.6) is 5.88 Å². The third-order valence-corrected chi connectivity index (χ3v) is 5.37. The Kier molecular flexibility index (Phi) is 3.94. The molecule has 1 atom stereocenters. The third-order valence-electron chi connectivity index (χ3n) is 5.37. The van der Waals surface area contributed by atoms with Crippen LogP contribution in [0.3, 0.4) is 0 Å². The average Bonchev–Trinajstić information content (AvgIpc) is 2.76. The number of carbonyl (C=O) groups is 2. The van der Waals surface area contributed by atoms with Crippen LogP contribution in [0.2, 0.25) is 0 Å². The Morgan fingerprint density at radius 2 is 1.65 bits per heavy atom. The Morgan fingerprint density at radius 3 is 2.35 bits per heavy atom. The van der Waals surface area contributed by atoms with E-state index < -0.39 is 28.0 Å². The van der Waals surface area contributed by atoms with Gasteiger partial charge in [-0.2, -0.15) is 4.98 Å². The molecule has 9 nitrogen and oxygen atoms in total. The van der Waals surface area contributed by atoms with E-state index in [1.165, 1.54) is 37.3 Å². The maximum absolute atomic E-state index is 13.5. The summed E-state index contributed by atoms with van der Waals surface area (Å²) in [5, 5.41) is 11.7. The van der Waals surface area contributed by atoms with Gasteiger partial charge in [-0.05, 0) is 6.92 Å². The molecule has 0 saturated carbocycles. The van der Waals surface area contributed by atoms with Gasteiger partial charge in [0.05, 0.1) is 22.0 Å². The van der Waals surface area contributed by atoms with Gasteiger partial charge in [-0.25, -0.2) is 0 Å². The molecule has 1 aliphatic carbocycles. The van der Waals surface area contributed by atoms with Crippen LogP contribution >= 0.6 is 0 Å². The van der Waals surface area contributed by atoms with Crippen molar-refractivity contribution in [2.75, 3.05) is 0 Å². The summed E-state index contributed by atoms with van der Waals surface area (Å²) in [5.74, 6) is -2.44. The molecule has 3 aromatic rings. The second-order valence-corrected chi connectivity index (χ2v) is 7.17.